The predicted octanol–water partition coefficient (Wildman–Crippen LogP) is 4.35. The summed E-state index contributed by atoms with van der Waals surface area (Å²) in [6, 6.07) is 7.64. The number of aryl methyl sites for hydroxylation is 1. The lowest BCUT2D eigenvalue weighted by Crippen LogP contribution is -2.23. The molecule has 0 aliphatic rings. The van der Waals surface area contributed by atoms with Gasteiger partial charge in [-0.15, -0.1) is 11.3 Å². The van der Waals surface area contributed by atoms with E-state index in [9.17, 15) is 4.39 Å². The molecule has 0 spiro atoms. The van der Waals surface area contributed by atoms with Gasteiger partial charge >= 0.3 is 0 Å². The van der Waals surface area contributed by atoms with Crippen molar-refractivity contribution in [2.75, 3.05) is 13.7 Å². The molecule has 4 heteroatoms. The molecule has 0 aliphatic carbocycles. The van der Waals surface area contributed by atoms with E-state index in [1.165, 1.54) is 17.6 Å². The smallest absolute Gasteiger partial charge is 0.168 e. The monoisotopic (exact) mass is 307 g/mol. The molecule has 1 aromatic heterocycles. The Morgan fingerprint density at radius 1 is 1.24 bits per heavy atom. The number of halogens is 1. The van der Waals surface area contributed by atoms with E-state index in [-0.39, 0.29) is 11.9 Å². The van der Waals surface area contributed by atoms with Crippen molar-refractivity contribution in [3.8, 4) is 5.75 Å². The molecule has 2 aromatic rings. The van der Waals surface area contributed by atoms with Crippen LogP contribution in [0.4, 0.5) is 4.39 Å². The number of methoxy groups -OCH3 is 1. The lowest BCUT2D eigenvalue weighted by Gasteiger charge is -2.19. The van der Waals surface area contributed by atoms with E-state index in [0.29, 0.717) is 17.7 Å². The van der Waals surface area contributed by atoms with Crippen molar-refractivity contribution in [3.05, 3.63) is 51.5 Å². The van der Waals surface area contributed by atoms with Gasteiger partial charge in [-0.25, -0.2) is 4.39 Å². The van der Waals surface area contributed by atoms with Crippen LogP contribution in [0.15, 0.2) is 29.6 Å². The third-order valence-electron chi connectivity index (χ3n) is 3.62. The fourth-order valence-corrected chi connectivity index (χ4v) is 3.61. The Morgan fingerprint density at radius 3 is 2.71 bits per heavy atom. The molecule has 2 nitrogen and oxygen atoms in total. The van der Waals surface area contributed by atoms with Crippen LogP contribution >= 0.6 is 11.3 Å². The first-order chi connectivity index (χ1) is 10.2. The van der Waals surface area contributed by atoms with Crippen LogP contribution in [0, 0.1) is 5.82 Å². The third kappa shape index (κ3) is 3.63. The normalized spacial score (nSPS) is 12.4. The van der Waals surface area contributed by atoms with Crippen LogP contribution in [0.2, 0.25) is 0 Å². The van der Waals surface area contributed by atoms with E-state index in [4.69, 9.17) is 4.74 Å². The molecule has 0 aliphatic heterocycles. The number of likely N-dealkylation sites (N-methyl/N-ethyl adjacent to an activating group) is 1. The molecule has 1 N–H and O–H groups in total. The van der Waals surface area contributed by atoms with Crippen LogP contribution in [0.5, 0.6) is 5.75 Å². The molecule has 114 valence electrons. The molecular weight excluding hydrogens is 285 g/mol. The molecule has 0 fully saturated rings. The Bertz CT molecular complexity index is 582. The number of rotatable bonds is 7. The minimum absolute atomic E-state index is 0.145. The first kappa shape index (κ1) is 16.0. The first-order valence-corrected chi connectivity index (χ1v) is 8.20. The molecule has 1 aromatic carbocycles. The largest absolute Gasteiger partial charge is 0.494 e. The minimum Gasteiger partial charge on any atom is -0.494 e. The van der Waals surface area contributed by atoms with Crippen LogP contribution < -0.4 is 10.1 Å². The average molecular weight is 307 g/mol. The topological polar surface area (TPSA) is 21.3 Å². The van der Waals surface area contributed by atoms with Crippen molar-refractivity contribution in [3.63, 3.8) is 0 Å². The maximum absolute atomic E-state index is 14.3. The Morgan fingerprint density at radius 2 is 2.05 bits per heavy atom. The number of hydrogen-bond donors (Lipinski definition) is 1. The zero-order valence-electron chi connectivity index (χ0n) is 12.8. The Kier molecular flexibility index (Phi) is 5.76. The zero-order chi connectivity index (χ0) is 15.2. The number of benzene rings is 1. The van der Waals surface area contributed by atoms with Gasteiger partial charge in [-0.2, -0.15) is 0 Å². The van der Waals surface area contributed by atoms with Gasteiger partial charge in [0.05, 0.1) is 7.11 Å². The molecule has 0 saturated heterocycles. The molecule has 1 atom stereocenters. The maximum atomic E-state index is 14.3. The van der Waals surface area contributed by atoms with Gasteiger partial charge in [-0.05, 0) is 48.0 Å². The molecule has 0 amide bonds. The van der Waals surface area contributed by atoms with Crippen molar-refractivity contribution in [1.82, 2.24) is 5.32 Å². The van der Waals surface area contributed by atoms with Crippen molar-refractivity contribution in [1.29, 1.82) is 0 Å². The van der Waals surface area contributed by atoms with Crippen LogP contribution in [0.3, 0.4) is 0 Å². The van der Waals surface area contributed by atoms with E-state index < -0.39 is 0 Å². The maximum Gasteiger partial charge on any atom is 0.168 e. The highest BCUT2D eigenvalue weighted by molar-refractivity contribution is 7.10. The Hall–Kier alpha value is -1.39. The molecule has 0 saturated carbocycles. The first-order valence-electron chi connectivity index (χ1n) is 7.32. The summed E-state index contributed by atoms with van der Waals surface area (Å²) in [5.41, 5.74) is 2.03. The van der Waals surface area contributed by atoms with Gasteiger partial charge in [-0.3, -0.25) is 0 Å². The highest BCUT2D eigenvalue weighted by Crippen LogP contribution is 2.30. The van der Waals surface area contributed by atoms with Gasteiger partial charge < -0.3 is 10.1 Å². The van der Waals surface area contributed by atoms with Crippen LogP contribution in [0.1, 0.15) is 35.9 Å². The number of ether oxygens (including phenoxy) is 1. The molecule has 2 rings (SSSR count). The third-order valence-corrected chi connectivity index (χ3v) is 4.69. The average Bonchev–Trinajstić information content (AvgIpc) is 2.97. The molecule has 21 heavy (non-hydrogen) atoms. The van der Waals surface area contributed by atoms with Crippen LogP contribution in [-0.2, 0) is 12.8 Å². The van der Waals surface area contributed by atoms with Gasteiger partial charge in [0.15, 0.2) is 11.6 Å². The lowest BCUT2D eigenvalue weighted by atomic mass is 10.0. The van der Waals surface area contributed by atoms with Gasteiger partial charge in [0, 0.05) is 10.9 Å². The van der Waals surface area contributed by atoms with E-state index in [2.05, 4.69) is 30.6 Å². The summed E-state index contributed by atoms with van der Waals surface area (Å²) in [6.45, 7) is 5.09. The highest BCUT2D eigenvalue weighted by Gasteiger charge is 2.19. The van der Waals surface area contributed by atoms with Gasteiger partial charge in [0.1, 0.15) is 0 Å². The van der Waals surface area contributed by atoms with Crippen molar-refractivity contribution in [2.24, 2.45) is 0 Å². The van der Waals surface area contributed by atoms with Crippen LogP contribution in [0.25, 0.3) is 0 Å². The van der Waals surface area contributed by atoms with E-state index in [1.54, 1.807) is 17.4 Å². The van der Waals surface area contributed by atoms with Gasteiger partial charge in [0.25, 0.3) is 0 Å². The second-order valence-electron chi connectivity index (χ2n) is 4.91. The zero-order valence-corrected chi connectivity index (χ0v) is 13.6. The Balaban J connectivity index is 2.28. The summed E-state index contributed by atoms with van der Waals surface area (Å²) < 4.78 is 19.4. The summed E-state index contributed by atoms with van der Waals surface area (Å²) in [7, 11) is 1.50. The second-order valence-corrected chi connectivity index (χ2v) is 5.86. The number of hydrogen-bond acceptors (Lipinski definition) is 3. The fraction of sp³-hybridized carbons (Fsp3) is 0.412. The van der Waals surface area contributed by atoms with Crippen LogP contribution in [-0.4, -0.2) is 13.7 Å². The summed E-state index contributed by atoms with van der Waals surface area (Å²) in [6.07, 6.45) is 1.63. The highest BCUT2D eigenvalue weighted by atomic mass is 32.1. The van der Waals surface area contributed by atoms with Crippen molar-refractivity contribution in [2.45, 2.75) is 32.7 Å². The summed E-state index contributed by atoms with van der Waals surface area (Å²) in [4.78, 5) is 1.31. The number of nitrogens with one attached hydrogen (secondary N) is 1. The SMILES string of the molecule is CCNC(Cc1cccc(OC)c1F)c1sccc1CC. The van der Waals surface area contributed by atoms with Gasteiger partial charge in [-0.1, -0.05) is 26.0 Å². The van der Waals surface area contributed by atoms with Crippen molar-refractivity contribution >= 4 is 11.3 Å². The summed E-state index contributed by atoms with van der Waals surface area (Å²) >= 11 is 1.74. The standard InChI is InChI=1S/C17H22FNOS/c1-4-12-9-10-21-17(12)14(19-5-2)11-13-7-6-8-15(20-3)16(13)18/h6-10,14,19H,4-5,11H2,1-3H3. The predicted molar refractivity (Wildman–Crippen MR) is 86.8 cm³/mol. The molecule has 1 heterocycles. The molecule has 1 unspecified atom stereocenters. The lowest BCUT2D eigenvalue weighted by molar-refractivity contribution is 0.382. The fourth-order valence-electron chi connectivity index (χ4n) is 2.54. The summed E-state index contributed by atoms with van der Waals surface area (Å²) in [5.74, 6) is 0.0575. The summed E-state index contributed by atoms with van der Waals surface area (Å²) in [5, 5.41) is 5.59. The second kappa shape index (κ2) is 7.57. The molecular formula is C17H22FNOS. The van der Waals surface area contributed by atoms with Gasteiger partial charge in [0.2, 0.25) is 0 Å². The van der Waals surface area contributed by atoms with E-state index in [1.807, 2.05) is 12.1 Å². The van der Waals surface area contributed by atoms with E-state index >= 15 is 0 Å². The van der Waals surface area contributed by atoms with Crippen molar-refractivity contribution < 1.29 is 9.13 Å². The molecule has 0 radical (unpaired) electrons. The van der Waals surface area contributed by atoms with E-state index in [0.717, 1.165) is 13.0 Å². The minimum atomic E-state index is -0.252. The number of thiophene rings is 1. The Labute approximate surface area is 130 Å². The molecule has 0 bridgehead atoms. The quantitative estimate of drug-likeness (QED) is 0.821.